The number of carbonyl (C=O) groups excluding carboxylic acids is 1. The van der Waals surface area contributed by atoms with Crippen LogP contribution in [0.1, 0.15) is 36.9 Å². The maximum absolute atomic E-state index is 11.5. The zero-order chi connectivity index (χ0) is 12.0. The summed E-state index contributed by atoms with van der Waals surface area (Å²) in [7, 11) is 0. The van der Waals surface area contributed by atoms with Gasteiger partial charge in [-0.25, -0.2) is 0 Å². The molecule has 1 rings (SSSR count). The van der Waals surface area contributed by atoms with Gasteiger partial charge in [0.2, 0.25) is 5.91 Å². The fraction of sp³-hybridized carbons (Fsp3) is 0.462. The molecular weight excluding hydrogens is 236 g/mol. The van der Waals surface area contributed by atoms with Gasteiger partial charge >= 0.3 is 0 Å². The maximum atomic E-state index is 11.5. The van der Waals surface area contributed by atoms with E-state index in [9.17, 15) is 4.79 Å². The van der Waals surface area contributed by atoms with Crippen molar-refractivity contribution < 1.29 is 4.79 Å². The summed E-state index contributed by atoms with van der Waals surface area (Å²) in [6, 6.07) is 8.35. The van der Waals surface area contributed by atoms with Crippen LogP contribution in [0, 0.1) is 6.92 Å². The van der Waals surface area contributed by atoms with Crippen LogP contribution in [0.5, 0.6) is 0 Å². The molecule has 1 aromatic carbocycles. The Labute approximate surface area is 109 Å². The van der Waals surface area contributed by atoms with E-state index in [1.165, 1.54) is 5.56 Å². The number of halogens is 1. The molecule has 0 fully saturated rings. The Morgan fingerprint density at radius 2 is 1.94 bits per heavy atom. The largest absolute Gasteiger partial charge is 0.349 e. The Balaban J connectivity index is 0.00000256. The van der Waals surface area contributed by atoms with E-state index in [0.29, 0.717) is 13.0 Å². The van der Waals surface area contributed by atoms with Crippen LogP contribution in [0.3, 0.4) is 0 Å². The molecule has 1 unspecified atom stereocenters. The van der Waals surface area contributed by atoms with Gasteiger partial charge in [-0.1, -0.05) is 36.8 Å². The fourth-order valence-corrected chi connectivity index (χ4v) is 1.62. The van der Waals surface area contributed by atoms with Crippen molar-refractivity contribution in [2.45, 2.75) is 32.7 Å². The minimum absolute atomic E-state index is 0. The molecule has 0 aliphatic rings. The molecule has 0 aliphatic carbocycles. The number of nitrogens with two attached hydrogens (primary N) is 1. The van der Waals surface area contributed by atoms with E-state index >= 15 is 0 Å². The molecule has 96 valence electrons. The van der Waals surface area contributed by atoms with Gasteiger partial charge in [0.15, 0.2) is 0 Å². The second-order valence-corrected chi connectivity index (χ2v) is 3.98. The molecular formula is C13H21ClN2O. The van der Waals surface area contributed by atoms with E-state index in [1.54, 1.807) is 0 Å². The zero-order valence-electron chi connectivity index (χ0n) is 10.4. The number of carbonyl (C=O) groups is 1. The lowest BCUT2D eigenvalue weighted by atomic mass is 10.0. The van der Waals surface area contributed by atoms with Gasteiger partial charge in [-0.2, -0.15) is 0 Å². The van der Waals surface area contributed by atoms with E-state index in [4.69, 9.17) is 5.73 Å². The van der Waals surface area contributed by atoms with Crippen molar-refractivity contribution in [1.29, 1.82) is 0 Å². The molecule has 0 aromatic heterocycles. The average Bonchev–Trinajstić information content (AvgIpc) is 2.27. The third kappa shape index (κ3) is 5.20. The minimum atomic E-state index is 0. The van der Waals surface area contributed by atoms with Crippen molar-refractivity contribution in [3.63, 3.8) is 0 Å². The van der Waals surface area contributed by atoms with Gasteiger partial charge in [0.25, 0.3) is 0 Å². The summed E-state index contributed by atoms with van der Waals surface area (Å²) in [4.78, 5) is 11.5. The number of hydrogen-bond donors (Lipinski definition) is 2. The summed E-state index contributed by atoms with van der Waals surface area (Å²) in [5, 5.41) is 2.98. The van der Waals surface area contributed by atoms with Crippen LogP contribution in [0.2, 0.25) is 0 Å². The molecule has 0 saturated heterocycles. The fourth-order valence-electron chi connectivity index (χ4n) is 1.62. The first-order chi connectivity index (χ1) is 7.67. The van der Waals surface area contributed by atoms with Crippen molar-refractivity contribution in [2.75, 3.05) is 6.54 Å². The van der Waals surface area contributed by atoms with Crippen LogP contribution in [-0.4, -0.2) is 12.5 Å². The van der Waals surface area contributed by atoms with Gasteiger partial charge in [0, 0.05) is 13.0 Å². The first kappa shape index (κ1) is 15.9. The normalized spacial score (nSPS) is 11.5. The molecule has 4 heteroatoms. The predicted octanol–water partition coefficient (Wildman–Crippen LogP) is 2.33. The third-order valence-corrected chi connectivity index (χ3v) is 2.59. The molecule has 1 amide bonds. The van der Waals surface area contributed by atoms with Crippen LogP contribution < -0.4 is 11.1 Å². The number of rotatable bonds is 5. The van der Waals surface area contributed by atoms with Gasteiger partial charge < -0.3 is 11.1 Å². The van der Waals surface area contributed by atoms with Crippen molar-refractivity contribution >= 4 is 18.3 Å². The summed E-state index contributed by atoms with van der Waals surface area (Å²) in [6.45, 7) is 4.52. The predicted molar refractivity (Wildman–Crippen MR) is 73.3 cm³/mol. The second-order valence-electron chi connectivity index (χ2n) is 3.98. The lowest BCUT2D eigenvalue weighted by molar-refractivity contribution is -0.121. The molecule has 1 atom stereocenters. The second kappa shape index (κ2) is 8.09. The quantitative estimate of drug-likeness (QED) is 0.850. The first-order valence-electron chi connectivity index (χ1n) is 5.73. The Morgan fingerprint density at radius 3 is 2.41 bits per heavy atom. The summed E-state index contributed by atoms with van der Waals surface area (Å²) in [6.07, 6.45) is 1.28. The summed E-state index contributed by atoms with van der Waals surface area (Å²) in [5.74, 6) is 0.0231. The van der Waals surface area contributed by atoms with E-state index in [1.807, 2.05) is 0 Å². The third-order valence-electron chi connectivity index (χ3n) is 2.59. The Kier molecular flexibility index (Phi) is 7.59. The molecule has 0 saturated carbocycles. The summed E-state index contributed by atoms with van der Waals surface area (Å²) >= 11 is 0. The molecule has 0 spiro atoms. The van der Waals surface area contributed by atoms with E-state index in [-0.39, 0.29) is 24.4 Å². The number of hydrogen-bond acceptors (Lipinski definition) is 2. The number of nitrogens with one attached hydrogen (secondary N) is 1. The molecule has 0 radical (unpaired) electrons. The molecule has 0 aliphatic heterocycles. The topological polar surface area (TPSA) is 55.1 Å². The first-order valence-corrected chi connectivity index (χ1v) is 5.73. The van der Waals surface area contributed by atoms with Crippen LogP contribution in [0.25, 0.3) is 0 Å². The van der Waals surface area contributed by atoms with E-state index in [2.05, 4.69) is 43.4 Å². The highest BCUT2D eigenvalue weighted by molar-refractivity contribution is 5.85. The van der Waals surface area contributed by atoms with Crippen LogP contribution >= 0.6 is 12.4 Å². The van der Waals surface area contributed by atoms with Crippen LogP contribution in [0.4, 0.5) is 0 Å². The SMILES string of the molecule is CCC(NC(=O)CCN)c1ccc(C)cc1.Cl. The lowest BCUT2D eigenvalue weighted by Crippen LogP contribution is -2.29. The highest BCUT2D eigenvalue weighted by Crippen LogP contribution is 2.17. The van der Waals surface area contributed by atoms with Gasteiger partial charge in [-0.15, -0.1) is 12.4 Å². The Morgan fingerprint density at radius 1 is 1.35 bits per heavy atom. The monoisotopic (exact) mass is 256 g/mol. The number of amides is 1. The van der Waals surface area contributed by atoms with Gasteiger partial charge in [0.1, 0.15) is 0 Å². The molecule has 17 heavy (non-hydrogen) atoms. The highest BCUT2D eigenvalue weighted by Gasteiger charge is 2.11. The zero-order valence-corrected chi connectivity index (χ0v) is 11.2. The molecule has 0 heterocycles. The van der Waals surface area contributed by atoms with Crippen molar-refractivity contribution in [3.8, 4) is 0 Å². The average molecular weight is 257 g/mol. The Hall–Kier alpha value is -1.06. The highest BCUT2D eigenvalue weighted by atomic mass is 35.5. The minimum Gasteiger partial charge on any atom is -0.349 e. The standard InChI is InChI=1S/C13H20N2O.ClH/c1-3-12(15-13(16)8-9-14)11-6-4-10(2)5-7-11;/h4-7,12H,3,8-9,14H2,1-2H3,(H,15,16);1H. The number of aryl methyl sites for hydroxylation is 1. The molecule has 3 nitrogen and oxygen atoms in total. The van der Waals surface area contributed by atoms with Crippen molar-refractivity contribution in [3.05, 3.63) is 35.4 Å². The molecule has 0 bridgehead atoms. The van der Waals surface area contributed by atoms with Crippen LogP contribution in [-0.2, 0) is 4.79 Å². The summed E-state index contributed by atoms with van der Waals surface area (Å²) in [5.41, 5.74) is 7.72. The van der Waals surface area contributed by atoms with Gasteiger partial charge in [0.05, 0.1) is 6.04 Å². The number of benzene rings is 1. The maximum Gasteiger partial charge on any atom is 0.221 e. The van der Waals surface area contributed by atoms with Crippen LogP contribution in [0.15, 0.2) is 24.3 Å². The van der Waals surface area contributed by atoms with E-state index < -0.39 is 0 Å². The molecule has 1 aromatic rings. The van der Waals surface area contributed by atoms with Gasteiger partial charge in [-0.05, 0) is 18.9 Å². The smallest absolute Gasteiger partial charge is 0.221 e. The van der Waals surface area contributed by atoms with Crippen molar-refractivity contribution in [1.82, 2.24) is 5.32 Å². The van der Waals surface area contributed by atoms with Crippen molar-refractivity contribution in [2.24, 2.45) is 5.73 Å². The van der Waals surface area contributed by atoms with Gasteiger partial charge in [-0.3, -0.25) is 4.79 Å². The summed E-state index contributed by atoms with van der Waals surface area (Å²) < 4.78 is 0. The lowest BCUT2D eigenvalue weighted by Gasteiger charge is -2.17. The van der Waals surface area contributed by atoms with E-state index in [0.717, 1.165) is 12.0 Å². The Bertz CT molecular complexity index is 338. The molecule has 3 N–H and O–H groups in total.